The molecule has 0 saturated carbocycles. The predicted molar refractivity (Wildman–Crippen MR) is 210 cm³/mol. The average molecular weight is 641 g/mol. The van der Waals surface area contributed by atoms with Crippen molar-refractivity contribution in [3.8, 4) is 44.8 Å². The summed E-state index contributed by atoms with van der Waals surface area (Å²) >= 11 is 0. The first-order valence-electron chi connectivity index (χ1n) is 17.4. The molecule has 238 valence electrons. The number of hydrogen-bond donors (Lipinski definition) is 0. The standard InChI is InChI=1S/C48H36N2/c1-5-17-35(18-6-1)33-49-43-27-15-13-25-41(43)45(47(49)39-21-9-3-10-22-39)37-29-31-38(32-30-37)46-42-26-14-16-28-44(42)50(34-36-19-7-2-8-20-36)48(46)40-23-11-4-12-24-40/h1-32H,33-34H2. The third kappa shape index (κ3) is 5.32. The number of aromatic nitrogens is 2. The second-order valence-corrected chi connectivity index (χ2v) is 12.9. The molecular formula is C48H36N2. The Morgan fingerprint density at radius 1 is 0.280 bits per heavy atom. The largest absolute Gasteiger partial charge is 0.335 e. The van der Waals surface area contributed by atoms with E-state index in [-0.39, 0.29) is 0 Å². The lowest BCUT2D eigenvalue weighted by atomic mass is 9.94. The molecule has 0 atom stereocenters. The van der Waals surface area contributed by atoms with Crippen LogP contribution in [0, 0.1) is 0 Å². The van der Waals surface area contributed by atoms with E-state index in [1.54, 1.807) is 0 Å². The zero-order valence-corrected chi connectivity index (χ0v) is 27.8. The van der Waals surface area contributed by atoms with Crippen molar-refractivity contribution >= 4 is 21.8 Å². The van der Waals surface area contributed by atoms with Crippen LogP contribution in [0.15, 0.2) is 194 Å². The summed E-state index contributed by atoms with van der Waals surface area (Å²) in [7, 11) is 0. The topological polar surface area (TPSA) is 9.86 Å². The number of para-hydroxylation sites is 2. The highest BCUT2D eigenvalue weighted by atomic mass is 15.0. The van der Waals surface area contributed by atoms with Crippen LogP contribution in [0.3, 0.4) is 0 Å². The Balaban J connectivity index is 1.24. The maximum absolute atomic E-state index is 2.49. The second kappa shape index (κ2) is 12.9. The predicted octanol–water partition coefficient (Wildman–Crippen LogP) is 12.4. The maximum Gasteiger partial charge on any atom is 0.0574 e. The van der Waals surface area contributed by atoms with E-state index in [0.717, 1.165) is 13.1 Å². The molecule has 0 fully saturated rings. The van der Waals surface area contributed by atoms with Crippen molar-refractivity contribution in [2.75, 3.05) is 0 Å². The van der Waals surface area contributed by atoms with Crippen molar-refractivity contribution in [1.82, 2.24) is 9.13 Å². The Bertz CT molecular complexity index is 2360. The van der Waals surface area contributed by atoms with E-state index < -0.39 is 0 Å². The first-order valence-corrected chi connectivity index (χ1v) is 17.4. The third-order valence-electron chi connectivity index (χ3n) is 9.87. The van der Waals surface area contributed by atoms with Crippen LogP contribution in [0.2, 0.25) is 0 Å². The van der Waals surface area contributed by atoms with Gasteiger partial charge in [-0.05, 0) is 45.5 Å². The van der Waals surface area contributed by atoms with Crippen LogP contribution in [0.5, 0.6) is 0 Å². The van der Waals surface area contributed by atoms with Gasteiger partial charge in [-0.3, -0.25) is 0 Å². The summed E-state index contributed by atoms with van der Waals surface area (Å²) in [5.74, 6) is 0. The van der Waals surface area contributed by atoms with Gasteiger partial charge in [0.05, 0.1) is 11.4 Å². The highest BCUT2D eigenvalue weighted by molar-refractivity contribution is 6.07. The van der Waals surface area contributed by atoms with Gasteiger partial charge in [-0.15, -0.1) is 0 Å². The number of hydrogen-bond acceptors (Lipinski definition) is 0. The van der Waals surface area contributed by atoms with E-state index >= 15 is 0 Å². The smallest absolute Gasteiger partial charge is 0.0574 e. The van der Waals surface area contributed by atoms with Crippen molar-refractivity contribution < 1.29 is 0 Å². The molecule has 0 radical (unpaired) electrons. The van der Waals surface area contributed by atoms with Crippen LogP contribution in [0.25, 0.3) is 66.6 Å². The van der Waals surface area contributed by atoms with Gasteiger partial charge in [0.25, 0.3) is 0 Å². The summed E-state index contributed by atoms with van der Waals surface area (Å²) in [6, 6.07) is 70.3. The minimum absolute atomic E-state index is 0.797. The summed E-state index contributed by atoms with van der Waals surface area (Å²) < 4.78 is 4.99. The number of rotatable bonds is 8. The van der Waals surface area contributed by atoms with Gasteiger partial charge < -0.3 is 9.13 Å². The fraction of sp³-hybridized carbons (Fsp3) is 0.0417. The van der Waals surface area contributed by atoms with E-state index in [1.165, 1.54) is 77.7 Å². The van der Waals surface area contributed by atoms with E-state index in [0.29, 0.717) is 0 Å². The Morgan fingerprint density at radius 2 is 0.600 bits per heavy atom. The molecule has 0 unspecified atom stereocenters. The molecule has 0 N–H and O–H groups in total. The number of fused-ring (bicyclic) bond motifs is 2. The summed E-state index contributed by atoms with van der Waals surface area (Å²) in [5, 5.41) is 2.53. The molecule has 0 saturated heterocycles. The molecule has 7 aromatic carbocycles. The van der Waals surface area contributed by atoms with Gasteiger partial charge >= 0.3 is 0 Å². The molecule has 50 heavy (non-hydrogen) atoms. The molecule has 0 aliphatic heterocycles. The quantitative estimate of drug-likeness (QED) is 0.156. The Hall–Kier alpha value is -6.38. The minimum atomic E-state index is 0.797. The molecule has 0 bridgehead atoms. The first-order chi connectivity index (χ1) is 24.8. The summed E-state index contributed by atoms with van der Waals surface area (Å²) in [4.78, 5) is 0. The van der Waals surface area contributed by atoms with Crippen molar-refractivity contribution in [2.45, 2.75) is 13.1 Å². The van der Waals surface area contributed by atoms with Gasteiger partial charge in [0.2, 0.25) is 0 Å². The molecule has 0 spiro atoms. The van der Waals surface area contributed by atoms with Crippen molar-refractivity contribution in [3.63, 3.8) is 0 Å². The van der Waals surface area contributed by atoms with E-state index in [2.05, 4.69) is 203 Å². The van der Waals surface area contributed by atoms with E-state index in [1.807, 2.05) is 0 Å². The summed E-state index contributed by atoms with van der Waals surface area (Å²) in [6.07, 6.45) is 0. The highest BCUT2D eigenvalue weighted by Gasteiger charge is 2.23. The van der Waals surface area contributed by atoms with E-state index in [9.17, 15) is 0 Å². The summed E-state index contributed by atoms with van der Waals surface area (Å²) in [5.41, 5.74) is 14.9. The number of benzene rings is 7. The minimum Gasteiger partial charge on any atom is -0.335 e. The van der Waals surface area contributed by atoms with Crippen LogP contribution < -0.4 is 0 Å². The molecular weight excluding hydrogens is 605 g/mol. The van der Waals surface area contributed by atoms with Gasteiger partial charge in [-0.2, -0.15) is 0 Å². The fourth-order valence-corrected chi connectivity index (χ4v) is 7.65. The number of nitrogens with zero attached hydrogens (tertiary/aromatic N) is 2. The van der Waals surface area contributed by atoms with Gasteiger partial charge in [-0.1, -0.05) is 182 Å². The molecule has 0 aliphatic carbocycles. The second-order valence-electron chi connectivity index (χ2n) is 12.9. The van der Waals surface area contributed by atoms with Gasteiger partial charge in [0.15, 0.2) is 0 Å². The van der Waals surface area contributed by atoms with Crippen LogP contribution in [-0.2, 0) is 13.1 Å². The molecule has 2 aromatic heterocycles. The zero-order chi connectivity index (χ0) is 33.3. The monoisotopic (exact) mass is 640 g/mol. The molecule has 9 aromatic rings. The SMILES string of the molecule is c1ccc(Cn2c(-c3ccccc3)c(-c3ccc(-c4c(-c5ccccc5)n(Cc5ccccc5)c5ccccc45)cc3)c3ccccc32)cc1. The van der Waals surface area contributed by atoms with Crippen molar-refractivity contribution in [1.29, 1.82) is 0 Å². The average Bonchev–Trinajstić information content (AvgIpc) is 3.69. The Kier molecular flexibility index (Phi) is 7.68. The summed E-state index contributed by atoms with van der Waals surface area (Å²) in [6.45, 7) is 1.59. The van der Waals surface area contributed by atoms with Gasteiger partial charge in [0.1, 0.15) is 0 Å². The van der Waals surface area contributed by atoms with Crippen molar-refractivity contribution in [2.24, 2.45) is 0 Å². The van der Waals surface area contributed by atoms with Crippen LogP contribution >= 0.6 is 0 Å². The molecule has 0 aliphatic rings. The maximum atomic E-state index is 2.49. The lowest BCUT2D eigenvalue weighted by molar-refractivity contribution is 0.845. The highest BCUT2D eigenvalue weighted by Crippen LogP contribution is 2.44. The van der Waals surface area contributed by atoms with Crippen LogP contribution in [0.4, 0.5) is 0 Å². The molecule has 0 amide bonds. The van der Waals surface area contributed by atoms with Crippen LogP contribution in [-0.4, -0.2) is 9.13 Å². The first kappa shape index (κ1) is 29.7. The van der Waals surface area contributed by atoms with Gasteiger partial charge in [-0.25, -0.2) is 0 Å². The normalized spacial score (nSPS) is 11.4. The lowest BCUT2D eigenvalue weighted by Crippen LogP contribution is -2.02. The van der Waals surface area contributed by atoms with Gasteiger partial charge in [0, 0.05) is 46.0 Å². The van der Waals surface area contributed by atoms with Crippen LogP contribution in [0.1, 0.15) is 11.1 Å². The van der Waals surface area contributed by atoms with Crippen molar-refractivity contribution in [3.05, 3.63) is 205 Å². The molecule has 2 heterocycles. The fourth-order valence-electron chi connectivity index (χ4n) is 7.65. The lowest BCUT2D eigenvalue weighted by Gasteiger charge is -2.15. The molecule has 2 heteroatoms. The Labute approximate surface area is 293 Å². The Morgan fingerprint density at radius 3 is 0.980 bits per heavy atom. The molecule has 2 nitrogen and oxygen atoms in total. The molecule has 9 rings (SSSR count). The zero-order valence-electron chi connectivity index (χ0n) is 27.8. The third-order valence-corrected chi connectivity index (χ3v) is 9.87. The van der Waals surface area contributed by atoms with E-state index in [4.69, 9.17) is 0 Å².